The van der Waals surface area contributed by atoms with Gasteiger partial charge in [-0.25, -0.2) is 0 Å². The van der Waals surface area contributed by atoms with Crippen LogP contribution in [-0.4, -0.2) is 42.1 Å². The van der Waals surface area contributed by atoms with Crippen molar-refractivity contribution in [3.8, 4) is 0 Å². The standard InChI is InChI=1S/C13H12N4O2.CH4O3S/c18-14-9-12-1-5-16(6-2-12)11-17-7-3-13(4-8-17)10-15-19;1-5(2,3)4/h1-10H,11H2;1H3,(H,2,3,4)/p+2. The molecule has 0 aliphatic carbocycles. The fraction of sp³-hybridized carbons (Fsp3) is 0.143. The first-order valence-electron chi connectivity index (χ1n) is 6.57. The van der Waals surface area contributed by atoms with E-state index in [1.54, 1.807) is 0 Å². The van der Waals surface area contributed by atoms with Crippen molar-refractivity contribution in [3.63, 3.8) is 0 Å². The summed E-state index contributed by atoms with van der Waals surface area (Å²) in [5, 5.41) is 22.8. The molecule has 2 aromatic heterocycles. The Bertz CT molecular complexity index is 725. The Labute approximate surface area is 139 Å². The predicted molar refractivity (Wildman–Crippen MR) is 84.9 cm³/mol. The Morgan fingerprint density at radius 3 is 1.46 bits per heavy atom. The Morgan fingerprint density at radius 2 is 1.21 bits per heavy atom. The summed E-state index contributed by atoms with van der Waals surface area (Å²) < 4.78 is 29.8. The highest BCUT2D eigenvalue weighted by molar-refractivity contribution is 7.85. The van der Waals surface area contributed by atoms with Gasteiger partial charge in [0.15, 0.2) is 24.8 Å². The van der Waals surface area contributed by atoms with Crippen molar-refractivity contribution in [1.29, 1.82) is 0 Å². The van der Waals surface area contributed by atoms with E-state index >= 15 is 0 Å². The molecule has 0 bridgehead atoms. The predicted octanol–water partition coefficient (Wildman–Crippen LogP) is -0.112. The molecule has 128 valence electrons. The summed E-state index contributed by atoms with van der Waals surface area (Å²) >= 11 is 0. The molecule has 24 heavy (non-hydrogen) atoms. The molecule has 0 aliphatic heterocycles. The van der Waals surface area contributed by atoms with Gasteiger partial charge in [-0.2, -0.15) is 8.42 Å². The van der Waals surface area contributed by atoms with Gasteiger partial charge in [-0.05, 0) is 0 Å². The van der Waals surface area contributed by atoms with Gasteiger partial charge in [-0.15, -0.1) is 9.13 Å². The van der Waals surface area contributed by atoms with Gasteiger partial charge in [0.25, 0.3) is 10.1 Å². The molecular weight excluding hydrogens is 336 g/mol. The Kier molecular flexibility index (Phi) is 7.46. The second-order valence-electron chi connectivity index (χ2n) is 4.65. The monoisotopic (exact) mass is 354 g/mol. The fourth-order valence-electron chi connectivity index (χ4n) is 1.62. The summed E-state index contributed by atoms with van der Waals surface area (Å²) in [6, 6.07) is 7.42. The van der Waals surface area contributed by atoms with E-state index in [4.69, 9.17) is 15.0 Å². The van der Waals surface area contributed by atoms with Gasteiger partial charge in [0.05, 0.1) is 18.7 Å². The Morgan fingerprint density at radius 1 is 0.917 bits per heavy atom. The minimum atomic E-state index is -3.67. The number of rotatable bonds is 4. The van der Waals surface area contributed by atoms with Crippen molar-refractivity contribution < 1.29 is 32.5 Å². The van der Waals surface area contributed by atoms with Gasteiger partial charge in [-0.3, -0.25) is 4.55 Å². The molecule has 0 unspecified atom stereocenters. The summed E-state index contributed by atoms with van der Waals surface area (Å²) in [7, 11) is -3.67. The van der Waals surface area contributed by atoms with Crippen LogP contribution in [-0.2, 0) is 16.8 Å². The minimum absolute atomic E-state index is 0.660. The van der Waals surface area contributed by atoms with Crippen molar-refractivity contribution in [3.05, 3.63) is 60.2 Å². The van der Waals surface area contributed by atoms with Crippen LogP contribution in [0.2, 0.25) is 0 Å². The average Bonchev–Trinajstić information content (AvgIpc) is 2.50. The van der Waals surface area contributed by atoms with Crippen LogP contribution in [0, 0.1) is 0 Å². The van der Waals surface area contributed by atoms with E-state index < -0.39 is 10.1 Å². The molecular formula is C14H18N4O5S+2. The van der Waals surface area contributed by atoms with E-state index in [1.807, 2.05) is 58.2 Å². The van der Waals surface area contributed by atoms with Crippen LogP contribution >= 0.6 is 0 Å². The quantitative estimate of drug-likeness (QED) is 0.232. The Hall–Kier alpha value is -2.85. The molecule has 0 saturated carbocycles. The lowest BCUT2D eigenvalue weighted by atomic mass is 10.3. The molecule has 0 radical (unpaired) electrons. The minimum Gasteiger partial charge on any atom is -0.411 e. The van der Waals surface area contributed by atoms with E-state index in [0.29, 0.717) is 12.9 Å². The molecule has 0 spiro atoms. The van der Waals surface area contributed by atoms with Crippen LogP contribution in [0.1, 0.15) is 11.1 Å². The molecule has 0 aliphatic rings. The highest BCUT2D eigenvalue weighted by Crippen LogP contribution is 1.91. The van der Waals surface area contributed by atoms with Crippen LogP contribution in [0.4, 0.5) is 0 Å². The number of hydrogen-bond acceptors (Lipinski definition) is 6. The van der Waals surface area contributed by atoms with Crippen molar-refractivity contribution in [1.82, 2.24) is 0 Å². The number of pyridine rings is 2. The van der Waals surface area contributed by atoms with Crippen LogP contribution in [0.25, 0.3) is 0 Å². The van der Waals surface area contributed by atoms with E-state index in [1.165, 1.54) is 12.4 Å². The lowest BCUT2D eigenvalue weighted by Gasteiger charge is -1.95. The summed E-state index contributed by atoms with van der Waals surface area (Å²) in [5.41, 5.74) is 1.66. The maximum atomic E-state index is 9.19. The first-order valence-corrected chi connectivity index (χ1v) is 8.42. The van der Waals surface area contributed by atoms with Crippen LogP contribution in [0.15, 0.2) is 59.4 Å². The maximum Gasteiger partial charge on any atom is 0.343 e. The van der Waals surface area contributed by atoms with Crippen molar-refractivity contribution in [2.45, 2.75) is 6.67 Å². The molecule has 9 nitrogen and oxygen atoms in total. The molecule has 0 atom stereocenters. The molecule has 0 aromatic carbocycles. The van der Waals surface area contributed by atoms with Crippen molar-refractivity contribution >= 4 is 22.5 Å². The van der Waals surface area contributed by atoms with E-state index in [9.17, 15) is 8.42 Å². The van der Waals surface area contributed by atoms with Crippen molar-refractivity contribution in [2.75, 3.05) is 6.26 Å². The van der Waals surface area contributed by atoms with Gasteiger partial charge < -0.3 is 10.4 Å². The maximum absolute atomic E-state index is 9.19. The van der Waals surface area contributed by atoms with Crippen LogP contribution in [0.5, 0.6) is 0 Å². The van der Waals surface area contributed by atoms with Gasteiger partial charge in [-0.1, -0.05) is 10.3 Å². The third kappa shape index (κ3) is 8.56. The van der Waals surface area contributed by atoms with Crippen LogP contribution < -0.4 is 9.13 Å². The number of hydrogen-bond donors (Lipinski definition) is 3. The SMILES string of the molecule is CS(=O)(=O)O.O/N=C/c1cc[n+](C[n+]2ccc(/C=N/O)cc2)cc1. The Balaban J connectivity index is 0.000000505. The zero-order valence-corrected chi connectivity index (χ0v) is 13.7. The molecule has 2 rings (SSSR count). The lowest BCUT2D eigenvalue weighted by molar-refractivity contribution is -0.913. The van der Waals surface area contributed by atoms with Crippen molar-refractivity contribution in [2.24, 2.45) is 10.3 Å². The molecule has 0 saturated heterocycles. The molecule has 10 heteroatoms. The summed E-state index contributed by atoms with van der Waals surface area (Å²) in [5.74, 6) is 0. The van der Waals surface area contributed by atoms with Gasteiger partial charge in [0.2, 0.25) is 0 Å². The first kappa shape index (κ1) is 19.2. The third-order valence-corrected chi connectivity index (χ3v) is 2.57. The smallest absolute Gasteiger partial charge is 0.343 e. The molecule has 3 N–H and O–H groups in total. The first-order chi connectivity index (χ1) is 11.3. The average molecular weight is 354 g/mol. The number of aromatic nitrogens is 2. The normalized spacial score (nSPS) is 11.4. The number of oxime groups is 2. The highest BCUT2D eigenvalue weighted by atomic mass is 32.2. The summed E-state index contributed by atoms with van der Waals surface area (Å²) in [6.45, 7) is 0.660. The summed E-state index contributed by atoms with van der Waals surface area (Å²) in [4.78, 5) is 0. The molecule has 0 fully saturated rings. The highest BCUT2D eigenvalue weighted by Gasteiger charge is 2.07. The summed E-state index contributed by atoms with van der Waals surface area (Å²) in [6.07, 6.45) is 11.1. The topological polar surface area (TPSA) is 127 Å². The number of nitrogens with zero attached hydrogens (tertiary/aromatic N) is 4. The van der Waals surface area contributed by atoms with Gasteiger partial charge in [0, 0.05) is 35.4 Å². The van der Waals surface area contributed by atoms with Crippen LogP contribution in [0.3, 0.4) is 0 Å². The van der Waals surface area contributed by atoms with Gasteiger partial charge in [0.1, 0.15) is 0 Å². The molecule has 2 heterocycles. The second kappa shape index (κ2) is 9.33. The van der Waals surface area contributed by atoms with E-state index in [2.05, 4.69) is 10.3 Å². The lowest BCUT2D eigenvalue weighted by Crippen LogP contribution is -2.50. The third-order valence-electron chi connectivity index (χ3n) is 2.57. The zero-order chi connectivity index (χ0) is 18.0. The van der Waals surface area contributed by atoms with Gasteiger partial charge >= 0.3 is 6.67 Å². The van der Waals surface area contributed by atoms with E-state index in [-0.39, 0.29) is 0 Å². The fourth-order valence-corrected chi connectivity index (χ4v) is 1.62. The largest absolute Gasteiger partial charge is 0.411 e. The molecule has 0 amide bonds. The van der Waals surface area contributed by atoms with E-state index in [0.717, 1.165) is 11.1 Å². The molecule has 2 aromatic rings. The zero-order valence-electron chi connectivity index (χ0n) is 12.8. The second-order valence-corrected chi connectivity index (χ2v) is 6.12.